The molecule has 5 nitrogen and oxygen atoms in total. The van der Waals surface area contributed by atoms with Gasteiger partial charge in [-0.1, -0.05) is 0 Å². The van der Waals surface area contributed by atoms with Crippen LogP contribution < -0.4 is 0 Å². The monoisotopic (exact) mass is 309 g/mol. The van der Waals surface area contributed by atoms with Gasteiger partial charge < -0.3 is 14.2 Å². The van der Waals surface area contributed by atoms with Crippen LogP contribution in [0.25, 0.3) is 27.5 Å². The minimum Gasteiger partial charge on any atom is -0.478 e. The van der Waals surface area contributed by atoms with Crippen LogP contribution in [0.4, 0.5) is 4.39 Å². The smallest absolute Gasteiger partial charge is 0.338 e. The maximum absolute atomic E-state index is 14.1. The molecule has 0 fully saturated rings. The number of nitrogens with zero attached hydrogens (tertiary/aromatic N) is 3. The molecule has 0 bridgehead atoms. The van der Waals surface area contributed by atoms with E-state index in [1.165, 1.54) is 12.1 Å². The van der Waals surface area contributed by atoms with E-state index >= 15 is 0 Å². The largest absolute Gasteiger partial charge is 0.478 e. The fraction of sp³-hybridized carbons (Fsp3) is 0.0588. The number of carboxylic acids is 1. The van der Waals surface area contributed by atoms with Gasteiger partial charge >= 0.3 is 5.97 Å². The van der Waals surface area contributed by atoms with E-state index in [1.54, 1.807) is 12.5 Å². The highest BCUT2D eigenvalue weighted by molar-refractivity contribution is 6.10. The second kappa shape index (κ2) is 4.67. The van der Waals surface area contributed by atoms with Gasteiger partial charge in [-0.2, -0.15) is 0 Å². The molecule has 0 radical (unpaired) electrons. The number of hydrogen-bond acceptors (Lipinski definition) is 2. The molecule has 114 valence electrons. The third-order valence-electron chi connectivity index (χ3n) is 4.11. The van der Waals surface area contributed by atoms with Gasteiger partial charge in [-0.25, -0.2) is 14.2 Å². The number of aryl methyl sites for hydroxylation is 1. The Kier molecular flexibility index (Phi) is 2.74. The number of benzene rings is 2. The van der Waals surface area contributed by atoms with Gasteiger partial charge in [0, 0.05) is 46.9 Å². The molecule has 0 saturated heterocycles. The molecule has 0 saturated carbocycles. The van der Waals surface area contributed by atoms with Crippen LogP contribution in [0.15, 0.2) is 49.1 Å². The highest BCUT2D eigenvalue weighted by atomic mass is 19.1. The number of aromatic carboxylic acids is 1. The summed E-state index contributed by atoms with van der Waals surface area (Å²) in [5.41, 5.74) is 2.18. The molecule has 0 aliphatic heterocycles. The van der Waals surface area contributed by atoms with Crippen LogP contribution in [0, 0.1) is 5.82 Å². The molecule has 0 unspecified atom stereocenters. The highest BCUT2D eigenvalue weighted by Gasteiger charge is 2.16. The second-order valence-electron chi connectivity index (χ2n) is 5.38. The number of imidazole rings is 1. The van der Waals surface area contributed by atoms with Crippen molar-refractivity contribution >= 4 is 27.8 Å². The van der Waals surface area contributed by atoms with E-state index in [0.29, 0.717) is 10.9 Å². The number of fused-ring (bicyclic) bond motifs is 3. The number of rotatable bonds is 2. The first kappa shape index (κ1) is 13.5. The molecule has 2 aromatic heterocycles. The fourth-order valence-corrected chi connectivity index (χ4v) is 2.95. The average molecular weight is 309 g/mol. The van der Waals surface area contributed by atoms with E-state index in [9.17, 15) is 9.18 Å². The summed E-state index contributed by atoms with van der Waals surface area (Å²) < 4.78 is 17.8. The van der Waals surface area contributed by atoms with Crippen LogP contribution in [-0.2, 0) is 7.05 Å². The van der Waals surface area contributed by atoms with Crippen molar-refractivity contribution in [1.29, 1.82) is 0 Å². The lowest BCUT2D eigenvalue weighted by Gasteiger charge is -2.03. The fourth-order valence-electron chi connectivity index (χ4n) is 2.95. The molecule has 0 aliphatic rings. The molecule has 4 aromatic rings. The Bertz CT molecular complexity index is 1060. The number of hydrogen-bond donors (Lipinski definition) is 1. The molecule has 0 spiro atoms. The number of carbonyl (C=O) groups is 1. The van der Waals surface area contributed by atoms with Crippen molar-refractivity contribution in [2.45, 2.75) is 0 Å². The Morgan fingerprint density at radius 1 is 1.17 bits per heavy atom. The molecule has 2 aromatic carbocycles. The SMILES string of the molecule is Cn1c2ccc(-n3ccnc3)cc2c2cc(F)c(C(=O)O)cc21. The van der Waals surface area contributed by atoms with Crippen LogP contribution in [-0.4, -0.2) is 25.2 Å². The Hall–Kier alpha value is -3.15. The molecule has 0 amide bonds. The van der Waals surface area contributed by atoms with Gasteiger partial charge in [-0.3, -0.25) is 0 Å². The van der Waals surface area contributed by atoms with Crippen LogP contribution >= 0.6 is 0 Å². The molecule has 0 atom stereocenters. The van der Waals surface area contributed by atoms with Gasteiger partial charge in [-0.15, -0.1) is 0 Å². The summed E-state index contributed by atoms with van der Waals surface area (Å²) in [6.07, 6.45) is 5.21. The Morgan fingerprint density at radius 2 is 1.96 bits per heavy atom. The summed E-state index contributed by atoms with van der Waals surface area (Å²) in [6, 6.07) is 8.49. The van der Waals surface area contributed by atoms with Crippen molar-refractivity contribution in [2.24, 2.45) is 7.05 Å². The lowest BCUT2D eigenvalue weighted by atomic mass is 10.1. The zero-order valence-electron chi connectivity index (χ0n) is 12.2. The Balaban J connectivity index is 2.07. The third-order valence-corrected chi connectivity index (χ3v) is 4.11. The van der Waals surface area contributed by atoms with Gasteiger partial charge in [0.1, 0.15) is 5.82 Å². The highest BCUT2D eigenvalue weighted by Crippen LogP contribution is 2.31. The van der Waals surface area contributed by atoms with E-state index in [4.69, 9.17) is 5.11 Å². The minimum atomic E-state index is -1.27. The average Bonchev–Trinajstić information content (AvgIpc) is 3.14. The van der Waals surface area contributed by atoms with Gasteiger partial charge in [0.25, 0.3) is 0 Å². The number of halogens is 1. The summed E-state index contributed by atoms with van der Waals surface area (Å²) in [6.45, 7) is 0. The summed E-state index contributed by atoms with van der Waals surface area (Å²) >= 11 is 0. The maximum atomic E-state index is 14.1. The first-order chi connectivity index (χ1) is 11.1. The summed E-state index contributed by atoms with van der Waals surface area (Å²) in [7, 11) is 1.84. The minimum absolute atomic E-state index is 0.321. The summed E-state index contributed by atoms with van der Waals surface area (Å²) in [4.78, 5) is 15.2. The van der Waals surface area contributed by atoms with Gasteiger partial charge in [0.05, 0.1) is 11.9 Å². The molecule has 6 heteroatoms. The van der Waals surface area contributed by atoms with Crippen molar-refractivity contribution < 1.29 is 14.3 Å². The van der Waals surface area contributed by atoms with E-state index in [0.717, 1.165) is 16.6 Å². The lowest BCUT2D eigenvalue weighted by molar-refractivity contribution is 0.0692. The van der Waals surface area contributed by atoms with Crippen molar-refractivity contribution in [2.75, 3.05) is 0 Å². The van der Waals surface area contributed by atoms with Gasteiger partial charge in [0.15, 0.2) is 0 Å². The van der Waals surface area contributed by atoms with E-state index < -0.39 is 11.8 Å². The summed E-state index contributed by atoms with van der Waals surface area (Å²) in [5, 5.41) is 10.7. The number of aromatic nitrogens is 3. The predicted octanol–water partition coefficient (Wildman–Crippen LogP) is 3.35. The Morgan fingerprint density at radius 3 is 2.65 bits per heavy atom. The van der Waals surface area contributed by atoms with Crippen molar-refractivity contribution in [3.05, 3.63) is 60.4 Å². The lowest BCUT2D eigenvalue weighted by Crippen LogP contribution is -2.00. The number of carboxylic acid groups (broad SMARTS) is 1. The standard InChI is InChI=1S/C17H12FN3O2/c1-20-15-3-2-10(21-5-4-19-9-21)6-11(15)12-7-14(18)13(17(22)23)8-16(12)20/h2-9H,1H3,(H,22,23). The van der Waals surface area contributed by atoms with Gasteiger partial charge in [0.2, 0.25) is 0 Å². The van der Waals surface area contributed by atoms with E-state index in [2.05, 4.69) is 4.98 Å². The zero-order chi connectivity index (χ0) is 16.1. The third kappa shape index (κ3) is 1.92. The molecule has 0 aliphatic carbocycles. The van der Waals surface area contributed by atoms with Crippen LogP contribution in [0.5, 0.6) is 0 Å². The maximum Gasteiger partial charge on any atom is 0.338 e. The van der Waals surface area contributed by atoms with E-state index in [1.807, 2.05) is 40.6 Å². The van der Waals surface area contributed by atoms with Crippen molar-refractivity contribution in [3.63, 3.8) is 0 Å². The molecule has 4 rings (SSSR count). The van der Waals surface area contributed by atoms with Crippen molar-refractivity contribution in [3.8, 4) is 5.69 Å². The predicted molar refractivity (Wildman–Crippen MR) is 84.5 cm³/mol. The Labute approximate surface area is 130 Å². The molecule has 2 heterocycles. The first-order valence-electron chi connectivity index (χ1n) is 6.99. The second-order valence-corrected chi connectivity index (χ2v) is 5.38. The van der Waals surface area contributed by atoms with Crippen molar-refractivity contribution in [1.82, 2.24) is 14.1 Å². The molecular formula is C17H12FN3O2. The van der Waals surface area contributed by atoms with Crippen LogP contribution in [0.2, 0.25) is 0 Å². The van der Waals surface area contributed by atoms with Gasteiger partial charge in [-0.05, 0) is 30.3 Å². The zero-order valence-corrected chi connectivity index (χ0v) is 12.2. The first-order valence-corrected chi connectivity index (χ1v) is 6.99. The summed E-state index contributed by atoms with van der Waals surface area (Å²) in [5.74, 6) is -2.00. The molecule has 1 N–H and O–H groups in total. The molecular weight excluding hydrogens is 297 g/mol. The molecule has 23 heavy (non-hydrogen) atoms. The van der Waals surface area contributed by atoms with E-state index in [-0.39, 0.29) is 5.56 Å². The topological polar surface area (TPSA) is 60.0 Å². The quantitative estimate of drug-likeness (QED) is 0.617. The van der Waals surface area contributed by atoms with Crippen LogP contribution in [0.3, 0.4) is 0 Å². The van der Waals surface area contributed by atoms with Crippen LogP contribution in [0.1, 0.15) is 10.4 Å². The normalized spacial score (nSPS) is 11.4.